The second kappa shape index (κ2) is 11.5. The number of fused-ring (bicyclic) bond motifs is 1. The molecule has 1 unspecified atom stereocenters. The van der Waals surface area contributed by atoms with Gasteiger partial charge in [0.2, 0.25) is 5.91 Å². The van der Waals surface area contributed by atoms with Crippen molar-refractivity contribution in [3.8, 4) is 5.75 Å². The molecule has 0 saturated carbocycles. The Bertz CT molecular complexity index is 1050. The number of thiazole rings is 1. The lowest BCUT2D eigenvalue weighted by atomic mass is 10.0. The van der Waals surface area contributed by atoms with E-state index in [1.54, 1.807) is 4.57 Å². The lowest BCUT2D eigenvalue weighted by Crippen LogP contribution is -2.40. The van der Waals surface area contributed by atoms with E-state index in [4.69, 9.17) is 9.47 Å². The fourth-order valence-corrected chi connectivity index (χ4v) is 5.39. The van der Waals surface area contributed by atoms with Crippen LogP contribution in [0.4, 0.5) is 0 Å². The minimum absolute atomic E-state index is 0.0463. The van der Waals surface area contributed by atoms with Crippen molar-refractivity contribution < 1.29 is 23.9 Å². The molecular formula is C22H29N3O5S2. The van der Waals surface area contributed by atoms with Crippen LogP contribution in [0.3, 0.4) is 0 Å². The fourth-order valence-electron chi connectivity index (χ4n) is 3.61. The zero-order valence-corrected chi connectivity index (χ0v) is 20.3. The highest BCUT2D eigenvalue weighted by molar-refractivity contribution is 8.00. The second-order valence-electron chi connectivity index (χ2n) is 7.69. The van der Waals surface area contributed by atoms with Gasteiger partial charge in [-0.25, -0.2) is 0 Å². The lowest BCUT2D eigenvalue weighted by molar-refractivity contribution is -0.141. The van der Waals surface area contributed by atoms with Gasteiger partial charge in [0, 0.05) is 13.1 Å². The van der Waals surface area contributed by atoms with Crippen LogP contribution in [0.5, 0.6) is 5.75 Å². The molecule has 1 aromatic carbocycles. The molecule has 0 radical (unpaired) electrons. The Morgan fingerprint density at radius 2 is 2.09 bits per heavy atom. The van der Waals surface area contributed by atoms with E-state index in [2.05, 4.69) is 11.9 Å². The Morgan fingerprint density at radius 1 is 1.28 bits per heavy atom. The number of carbonyl (C=O) groups is 3. The molecule has 8 nitrogen and oxygen atoms in total. The summed E-state index contributed by atoms with van der Waals surface area (Å²) in [7, 11) is 1.32. The van der Waals surface area contributed by atoms with E-state index in [0.717, 1.165) is 36.1 Å². The van der Waals surface area contributed by atoms with Crippen LogP contribution in [0.2, 0.25) is 0 Å². The Hall–Kier alpha value is -2.33. The first-order valence-electron chi connectivity index (χ1n) is 10.7. The highest BCUT2D eigenvalue weighted by Crippen LogP contribution is 2.23. The van der Waals surface area contributed by atoms with Crippen LogP contribution in [0.15, 0.2) is 23.2 Å². The van der Waals surface area contributed by atoms with Crippen LogP contribution >= 0.6 is 23.1 Å². The normalized spacial score (nSPS) is 16.9. The molecule has 1 fully saturated rings. The molecule has 1 aromatic heterocycles. The van der Waals surface area contributed by atoms with Gasteiger partial charge in [-0.1, -0.05) is 18.3 Å². The summed E-state index contributed by atoms with van der Waals surface area (Å²) in [6.45, 7) is 6.14. The second-order valence-corrected chi connectivity index (χ2v) is 9.69. The topological polar surface area (TPSA) is 90.2 Å². The number of methoxy groups -OCH3 is 1. The van der Waals surface area contributed by atoms with Gasteiger partial charge in [-0.2, -0.15) is 4.99 Å². The largest absolute Gasteiger partial charge is 0.494 e. The van der Waals surface area contributed by atoms with Gasteiger partial charge in [0.05, 0.1) is 35.4 Å². The minimum atomic E-state index is -0.428. The minimum Gasteiger partial charge on any atom is -0.494 e. The third-order valence-corrected chi connectivity index (χ3v) is 7.10. The van der Waals surface area contributed by atoms with E-state index in [1.807, 2.05) is 30.0 Å². The van der Waals surface area contributed by atoms with Crippen LogP contribution in [0.1, 0.15) is 26.7 Å². The van der Waals surface area contributed by atoms with E-state index >= 15 is 0 Å². The van der Waals surface area contributed by atoms with Gasteiger partial charge in [-0.3, -0.25) is 14.4 Å². The number of amides is 2. The van der Waals surface area contributed by atoms with Crippen molar-refractivity contribution in [2.75, 3.05) is 38.3 Å². The number of piperidine rings is 1. The summed E-state index contributed by atoms with van der Waals surface area (Å²) in [6, 6.07) is 5.53. The first-order valence-corrected chi connectivity index (χ1v) is 12.6. The van der Waals surface area contributed by atoms with Gasteiger partial charge < -0.3 is 18.9 Å². The van der Waals surface area contributed by atoms with E-state index in [1.165, 1.54) is 30.2 Å². The van der Waals surface area contributed by atoms with Gasteiger partial charge in [-0.15, -0.1) is 11.8 Å². The average molecular weight is 480 g/mol. The molecule has 0 N–H and O–H groups in total. The summed E-state index contributed by atoms with van der Waals surface area (Å²) in [5.41, 5.74) is 0.775. The quantitative estimate of drug-likeness (QED) is 0.541. The average Bonchev–Trinajstić information content (AvgIpc) is 3.09. The number of aromatic nitrogens is 1. The Kier molecular flexibility index (Phi) is 8.75. The maximum Gasteiger partial charge on any atom is 0.325 e. The molecule has 174 valence electrons. The zero-order valence-electron chi connectivity index (χ0n) is 18.7. The number of carbonyl (C=O) groups excluding carboxylic acids is 3. The lowest BCUT2D eigenvalue weighted by Gasteiger charge is -2.30. The van der Waals surface area contributed by atoms with Gasteiger partial charge in [0.25, 0.3) is 5.91 Å². The number of likely N-dealkylation sites (tertiary alicyclic amines) is 1. The van der Waals surface area contributed by atoms with Crippen LogP contribution < -0.4 is 9.54 Å². The summed E-state index contributed by atoms with van der Waals surface area (Å²) in [5, 5.41) is 0. The molecule has 0 spiro atoms. The van der Waals surface area contributed by atoms with E-state index in [9.17, 15) is 14.4 Å². The van der Waals surface area contributed by atoms with Crippen LogP contribution in [-0.2, 0) is 25.7 Å². The number of hydrogen-bond donors (Lipinski definition) is 0. The molecule has 1 aliphatic rings. The Labute approximate surface area is 195 Å². The number of thioether (sulfide) groups is 1. The van der Waals surface area contributed by atoms with Crippen molar-refractivity contribution >= 4 is 51.1 Å². The van der Waals surface area contributed by atoms with Crippen molar-refractivity contribution in [1.82, 2.24) is 9.47 Å². The van der Waals surface area contributed by atoms with Crippen molar-refractivity contribution in [2.24, 2.45) is 10.9 Å². The smallest absolute Gasteiger partial charge is 0.325 e. The van der Waals surface area contributed by atoms with E-state index in [-0.39, 0.29) is 29.9 Å². The van der Waals surface area contributed by atoms with Crippen molar-refractivity contribution in [3.63, 3.8) is 0 Å². The maximum absolute atomic E-state index is 12.5. The van der Waals surface area contributed by atoms with Crippen LogP contribution in [0, 0.1) is 5.92 Å². The molecule has 2 heterocycles. The van der Waals surface area contributed by atoms with Crippen molar-refractivity contribution in [3.05, 3.63) is 23.0 Å². The predicted molar refractivity (Wildman–Crippen MR) is 126 cm³/mol. The Balaban J connectivity index is 1.72. The molecule has 3 rings (SSSR count). The van der Waals surface area contributed by atoms with Gasteiger partial charge >= 0.3 is 5.97 Å². The third kappa shape index (κ3) is 6.35. The number of esters is 1. The number of benzene rings is 1. The highest BCUT2D eigenvalue weighted by atomic mass is 32.2. The molecule has 10 heteroatoms. The molecule has 32 heavy (non-hydrogen) atoms. The van der Waals surface area contributed by atoms with Crippen LogP contribution in [0.25, 0.3) is 10.2 Å². The van der Waals surface area contributed by atoms with Crippen molar-refractivity contribution in [1.29, 1.82) is 0 Å². The third-order valence-electron chi connectivity index (χ3n) is 5.16. The number of nitrogens with zero attached hydrogens (tertiary/aromatic N) is 3. The number of hydrogen-bond acceptors (Lipinski definition) is 7. The maximum atomic E-state index is 12.5. The summed E-state index contributed by atoms with van der Waals surface area (Å²) < 4.78 is 12.9. The summed E-state index contributed by atoms with van der Waals surface area (Å²) >= 11 is 2.58. The highest BCUT2D eigenvalue weighted by Gasteiger charge is 2.21. The molecule has 0 aliphatic carbocycles. The van der Waals surface area contributed by atoms with Gasteiger partial charge in [0.1, 0.15) is 12.3 Å². The predicted octanol–water partition coefficient (Wildman–Crippen LogP) is 2.69. The van der Waals surface area contributed by atoms with Crippen molar-refractivity contribution in [2.45, 2.75) is 33.2 Å². The first-order chi connectivity index (χ1) is 15.4. The number of ether oxygens (including phenoxy) is 2. The number of rotatable bonds is 8. The Morgan fingerprint density at radius 3 is 2.81 bits per heavy atom. The van der Waals surface area contributed by atoms with E-state index < -0.39 is 5.97 Å². The van der Waals surface area contributed by atoms with Crippen LogP contribution in [-0.4, -0.2) is 65.6 Å². The monoisotopic (exact) mass is 479 g/mol. The van der Waals surface area contributed by atoms with E-state index in [0.29, 0.717) is 23.1 Å². The summed E-state index contributed by atoms with van der Waals surface area (Å²) in [4.78, 5) is 43.4. The molecule has 1 saturated heterocycles. The SMILES string of the molecule is CCOc1ccc2c(c1)sc(=NC(=O)CSCC(=O)N1CCCC(C)C1)n2CC(=O)OC. The molecule has 2 amide bonds. The summed E-state index contributed by atoms with van der Waals surface area (Å²) in [5.74, 6) is 0.904. The molecular weight excluding hydrogens is 450 g/mol. The molecule has 1 atom stereocenters. The zero-order chi connectivity index (χ0) is 23.1. The molecule has 1 aliphatic heterocycles. The standard InChI is InChI=1S/C22H29N3O5S2/c1-4-30-16-7-8-17-18(10-16)32-22(25(17)12-21(28)29-3)23-19(26)13-31-14-20(27)24-9-5-6-15(2)11-24/h7-8,10,15H,4-6,9,11-14H2,1-3H3. The molecule has 0 bridgehead atoms. The molecule has 2 aromatic rings. The first kappa shape index (κ1) is 24.3. The van der Waals surface area contributed by atoms with Gasteiger partial charge in [0.15, 0.2) is 4.80 Å². The summed E-state index contributed by atoms with van der Waals surface area (Å²) in [6.07, 6.45) is 2.18. The van der Waals surface area contributed by atoms with Gasteiger partial charge in [-0.05, 0) is 43.9 Å². The fraction of sp³-hybridized carbons (Fsp3) is 0.545.